The quantitative estimate of drug-likeness (QED) is 0.465. The number of alkyl carbamates (subject to hydrolysis) is 1. The largest absolute Gasteiger partial charge is 0.444 e. The molecule has 0 heterocycles. The van der Waals surface area contributed by atoms with Crippen molar-refractivity contribution in [2.75, 3.05) is 11.9 Å². The summed E-state index contributed by atoms with van der Waals surface area (Å²) in [6.07, 6.45) is -0.832. The normalized spacial score (nSPS) is 13.3. The first-order valence-electron chi connectivity index (χ1n) is 12.8. The van der Waals surface area contributed by atoms with Crippen molar-refractivity contribution < 1.29 is 24.2 Å². The standard InChI is InChI=1S/C30H43N3O5/c1-18-14-15-22(21(4)16-18)25(26(35)32-24-19(2)12-11-13-20(24)3)33(29(5,6)7)27(36)23(17-34)31-28(37)38-30(8,9)10/h11-16,23,25,34H,17H2,1-10H3,(H,31,37)(H,32,35). The summed E-state index contributed by atoms with van der Waals surface area (Å²) < 4.78 is 5.30. The topological polar surface area (TPSA) is 108 Å². The molecule has 0 spiro atoms. The minimum absolute atomic E-state index is 0.397. The van der Waals surface area contributed by atoms with E-state index in [9.17, 15) is 19.5 Å². The maximum atomic E-state index is 14.1. The lowest BCUT2D eigenvalue weighted by Crippen LogP contribution is -2.59. The molecule has 0 aliphatic carbocycles. The fourth-order valence-corrected chi connectivity index (χ4v) is 4.38. The molecule has 0 bridgehead atoms. The van der Waals surface area contributed by atoms with Crippen LogP contribution in [-0.4, -0.2) is 51.7 Å². The molecule has 0 fully saturated rings. The van der Waals surface area contributed by atoms with Gasteiger partial charge in [-0.3, -0.25) is 9.59 Å². The van der Waals surface area contributed by atoms with Crippen LogP contribution in [0.3, 0.4) is 0 Å². The maximum Gasteiger partial charge on any atom is 0.408 e. The summed E-state index contributed by atoms with van der Waals surface area (Å²) in [5, 5.41) is 15.7. The first kappa shape index (κ1) is 30.8. The zero-order valence-corrected chi connectivity index (χ0v) is 24.4. The summed E-state index contributed by atoms with van der Waals surface area (Å²) in [5.41, 5.74) is 3.33. The summed E-state index contributed by atoms with van der Waals surface area (Å²) in [7, 11) is 0. The van der Waals surface area contributed by atoms with Crippen LogP contribution in [0, 0.1) is 27.7 Å². The van der Waals surface area contributed by atoms with Crippen LogP contribution in [0.4, 0.5) is 10.5 Å². The van der Waals surface area contributed by atoms with Crippen LogP contribution in [0.5, 0.6) is 0 Å². The van der Waals surface area contributed by atoms with Crippen LogP contribution in [0.2, 0.25) is 0 Å². The Hall–Kier alpha value is -3.39. The second-order valence-electron chi connectivity index (χ2n) is 11.8. The fraction of sp³-hybridized carbons (Fsp3) is 0.500. The monoisotopic (exact) mass is 525 g/mol. The Morgan fingerprint density at radius 2 is 1.50 bits per heavy atom. The Balaban J connectivity index is 2.63. The van der Waals surface area contributed by atoms with Gasteiger partial charge in [0.05, 0.1) is 6.61 Å². The molecule has 2 unspecified atom stereocenters. The SMILES string of the molecule is Cc1ccc(C(C(=O)Nc2c(C)cccc2C)N(C(=O)C(CO)NC(=O)OC(C)(C)C)C(C)(C)C)c(C)c1. The molecule has 8 nitrogen and oxygen atoms in total. The van der Waals surface area contributed by atoms with E-state index < -0.39 is 47.7 Å². The molecule has 2 atom stereocenters. The molecule has 0 radical (unpaired) electrons. The summed E-state index contributed by atoms with van der Waals surface area (Å²) in [5.74, 6) is -1.00. The lowest BCUT2D eigenvalue weighted by Gasteiger charge is -2.43. The number of nitrogens with one attached hydrogen (secondary N) is 2. The number of anilines is 1. The van der Waals surface area contributed by atoms with E-state index in [-0.39, 0.29) is 0 Å². The minimum atomic E-state index is -1.31. The highest BCUT2D eigenvalue weighted by molar-refractivity contribution is 6.00. The lowest BCUT2D eigenvalue weighted by atomic mass is 9.92. The van der Waals surface area contributed by atoms with E-state index in [1.807, 2.05) is 84.9 Å². The molecule has 3 N–H and O–H groups in total. The summed E-state index contributed by atoms with van der Waals surface area (Å²) in [4.78, 5) is 42.0. The third-order valence-electron chi connectivity index (χ3n) is 6.09. The van der Waals surface area contributed by atoms with Gasteiger partial charge in [-0.15, -0.1) is 0 Å². The van der Waals surface area contributed by atoms with Crippen molar-refractivity contribution in [1.82, 2.24) is 10.2 Å². The molecule has 2 aromatic carbocycles. The average Bonchev–Trinajstić information content (AvgIpc) is 2.76. The van der Waals surface area contributed by atoms with Crippen molar-refractivity contribution in [3.63, 3.8) is 0 Å². The van der Waals surface area contributed by atoms with E-state index in [1.165, 1.54) is 4.90 Å². The van der Waals surface area contributed by atoms with E-state index in [0.717, 1.165) is 22.3 Å². The summed E-state index contributed by atoms with van der Waals surface area (Å²) >= 11 is 0. The number of aliphatic hydroxyl groups excluding tert-OH is 1. The van der Waals surface area contributed by atoms with Gasteiger partial charge in [0.1, 0.15) is 17.7 Å². The Labute approximate surface area is 226 Å². The molecule has 0 aliphatic rings. The van der Waals surface area contributed by atoms with Crippen molar-refractivity contribution in [2.45, 2.75) is 92.5 Å². The van der Waals surface area contributed by atoms with Gasteiger partial charge in [0.15, 0.2) is 0 Å². The molecular formula is C30H43N3O5. The summed E-state index contributed by atoms with van der Waals surface area (Å²) in [6.45, 7) is 17.6. The molecule has 0 aliphatic heterocycles. The number of aryl methyl sites for hydroxylation is 4. The van der Waals surface area contributed by atoms with Crippen molar-refractivity contribution in [1.29, 1.82) is 0 Å². The van der Waals surface area contributed by atoms with Gasteiger partial charge >= 0.3 is 6.09 Å². The second-order valence-corrected chi connectivity index (χ2v) is 11.8. The number of amides is 3. The van der Waals surface area contributed by atoms with Gasteiger partial charge in [0.2, 0.25) is 5.91 Å². The fourth-order valence-electron chi connectivity index (χ4n) is 4.38. The zero-order valence-electron chi connectivity index (χ0n) is 24.4. The number of ether oxygens (including phenoxy) is 1. The number of aliphatic hydroxyl groups is 1. The van der Waals surface area contributed by atoms with E-state index in [1.54, 1.807) is 20.8 Å². The minimum Gasteiger partial charge on any atom is -0.444 e. The Bertz CT molecular complexity index is 1160. The van der Waals surface area contributed by atoms with E-state index in [4.69, 9.17) is 4.74 Å². The molecule has 38 heavy (non-hydrogen) atoms. The smallest absolute Gasteiger partial charge is 0.408 e. The molecule has 2 aromatic rings. The number of para-hydroxylation sites is 1. The third-order valence-corrected chi connectivity index (χ3v) is 6.09. The highest BCUT2D eigenvalue weighted by atomic mass is 16.6. The van der Waals surface area contributed by atoms with Crippen LogP contribution in [0.1, 0.15) is 75.4 Å². The number of hydrogen-bond donors (Lipinski definition) is 3. The predicted molar refractivity (Wildman–Crippen MR) is 150 cm³/mol. The molecule has 8 heteroatoms. The molecule has 2 rings (SSSR count). The predicted octanol–water partition coefficient (Wildman–Crippen LogP) is 5.11. The van der Waals surface area contributed by atoms with Crippen LogP contribution < -0.4 is 10.6 Å². The van der Waals surface area contributed by atoms with Crippen LogP contribution in [0.15, 0.2) is 36.4 Å². The number of rotatable bonds is 7. The molecule has 208 valence electrons. The van der Waals surface area contributed by atoms with Gasteiger partial charge in [-0.2, -0.15) is 0 Å². The van der Waals surface area contributed by atoms with Gasteiger partial charge in [0.25, 0.3) is 5.91 Å². The third kappa shape index (κ3) is 7.81. The van der Waals surface area contributed by atoms with Gasteiger partial charge in [-0.05, 0) is 91.5 Å². The lowest BCUT2D eigenvalue weighted by molar-refractivity contribution is -0.147. The van der Waals surface area contributed by atoms with Gasteiger partial charge in [-0.25, -0.2) is 4.79 Å². The maximum absolute atomic E-state index is 14.1. The van der Waals surface area contributed by atoms with Gasteiger partial charge in [0, 0.05) is 11.2 Å². The first-order valence-corrected chi connectivity index (χ1v) is 12.8. The molecule has 0 saturated carbocycles. The summed E-state index contributed by atoms with van der Waals surface area (Å²) in [6, 6.07) is 9.09. The van der Waals surface area contributed by atoms with E-state index in [2.05, 4.69) is 10.6 Å². The van der Waals surface area contributed by atoms with E-state index >= 15 is 0 Å². The highest BCUT2D eigenvalue weighted by Crippen LogP contribution is 2.33. The second kappa shape index (κ2) is 12.0. The number of benzene rings is 2. The number of carbonyl (C=O) groups excluding carboxylic acids is 3. The molecule has 0 aromatic heterocycles. The zero-order chi connectivity index (χ0) is 29.0. The Morgan fingerprint density at radius 1 is 0.921 bits per heavy atom. The molecule has 3 amide bonds. The van der Waals surface area contributed by atoms with Gasteiger partial charge < -0.3 is 25.4 Å². The van der Waals surface area contributed by atoms with Crippen LogP contribution >= 0.6 is 0 Å². The number of nitrogens with zero attached hydrogens (tertiary/aromatic N) is 1. The van der Waals surface area contributed by atoms with Crippen molar-refractivity contribution in [2.24, 2.45) is 0 Å². The average molecular weight is 526 g/mol. The Morgan fingerprint density at radius 3 is 1.97 bits per heavy atom. The molecular weight excluding hydrogens is 482 g/mol. The van der Waals surface area contributed by atoms with Crippen molar-refractivity contribution in [3.05, 3.63) is 64.2 Å². The number of hydrogen-bond acceptors (Lipinski definition) is 5. The van der Waals surface area contributed by atoms with Gasteiger partial charge in [-0.1, -0.05) is 42.0 Å². The van der Waals surface area contributed by atoms with Crippen molar-refractivity contribution in [3.8, 4) is 0 Å². The van der Waals surface area contributed by atoms with E-state index in [0.29, 0.717) is 11.3 Å². The van der Waals surface area contributed by atoms with Crippen molar-refractivity contribution >= 4 is 23.6 Å². The highest BCUT2D eigenvalue weighted by Gasteiger charge is 2.42. The van der Waals surface area contributed by atoms with Crippen LogP contribution in [0.25, 0.3) is 0 Å². The number of carbonyl (C=O) groups is 3. The first-order chi connectivity index (χ1) is 17.5. The Kier molecular flexibility index (Phi) is 9.72. The molecule has 0 saturated heterocycles. The van der Waals surface area contributed by atoms with Crippen LogP contribution in [-0.2, 0) is 14.3 Å².